The Kier molecular flexibility index (Phi) is 6.75. The van der Waals surface area contributed by atoms with Gasteiger partial charge in [-0.15, -0.1) is 0 Å². The molecule has 0 spiro atoms. The Morgan fingerprint density at radius 2 is 2.00 bits per heavy atom. The van der Waals surface area contributed by atoms with Crippen LogP contribution in [0, 0.1) is 17.1 Å². The Balaban J connectivity index is 1.45. The summed E-state index contributed by atoms with van der Waals surface area (Å²) in [4.78, 5) is 18.3. The molecule has 9 heteroatoms. The zero-order valence-electron chi connectivity index (χ0n) is 21.4. The van der Waals surface area contributed by atoms with Gasteiger partial charge in [-0.25, -0.2) is 4.39 Å². The van der Waals surface area contributed by atoms with Gasteiger partial charge in [0.25, 0.3) is 0 Å². The fourth-order valence-corrected chi connectivity index (χ4v) is 5.57. The van der Waals surface area contributed by atoms with E-state index in [4.69, 9.17) is 9.72 Å². The number of benzene rings is 2. The van der Waals surface area contributed by atoms with Crippen LogP contribution in [0.2, 0.25) is 0 Å². The average molecular weight is 512 g/mol. The summed E-state index contributed by atoms with van der Waals surface area (Å²) in [6.07, 6.45) is 4.23. The fourth-order valence-electron chi connectivity index (χ4n) is 5.57. The molecule has 0 radical (unpaired) electrons. The second-order valence-corrected chi connectivity index (χ2v) is 10.1. The van der Waals surface area contributed by atoms with Gasteiger partial charge in [0.2, 0.25) is 0 Å². The third-order valence-electron chi connectivity index (χ3n) is 7.66. The standard InChI is InChI=1S/C29H30FN7O/c1-36-14-5-8-21(36)18-38-29-34-27-24(28(35-29)37-15-13-32-20(17-37)11-12-31)16-33-26(25(27)30)23-10-4-7-19-6-2-3-9-22(19)23/h2-4,6-7,9-10,16,20-21,32H,5,8,11,13-15,17-18H2,1H3/t20-,21?/m0/s1. The lowest BCUT2D eigenvalue weighted by Crippen LogP contribution is -2.51. The minimum atomic E-state index is -0.492. The molecule has 38 heavy (non-hydrogen) atoms. The van der Waals surface area contributed by atoms with Crippen molar-refractivity contribution >= 4 is 27.5 Å². The second-order valence-electron chi connectivity index (χ2n) is 10.1. The van der Waals surface area contributed by atoms with Crippen LogP contribution < -0.4 is 15.0 Å². The van der Waals surface area contributed by atoms with Gasteiger partial charge in [0.1, 0.15) is 23.6 Å². The number of anilines is 1. The maximum Gasteiger partial charge on any atom is 0.319 e. The lowest BCUT2D eigenvalue weighted by molar-refractivity contribution is 0.188. The van der Waals surface area contributed by atoms with Crippen LogP contribution in [-0.4, -0.2) is 71.8 Å². The summed E-state index contributed by atoms with van der Waals surface area (Å²) in [5.74, 6) is 0.0964. The topological polar surface area (TPSA) is 90.2 Å². The van der Waals surface area contributed by atoms with Crippen molar-refractivity contribution < 1.29 is 9.13 Å². The molecule has 6 rings (SSSR count). The molecule has 1 unspecified atom stereocenters. The van der Waals surface area contributed by atoms with Crippen LogP contribution in [0.3, 0.4) is 0 Å². The monoisotopic (exact) mass is 511 g/mol. The first kappa shape index (κ1) is 24.5. The Bertz CT molecular complexity index is 1520. The number of nitrogens with zero attached hydrogens (tertiary/aromatic N) is 6. The molecule has 8 nitrogen and oxygen atoms in total. The summed E-state index contributed by atoms with van der Waals surface area (Å²) >= 11 is 0. The van der Waals surface area contributed by atoms with Crippen LogP contribution in [0.1, 0.15) is 19.3 Å². The van der Waals surface area contributed by atoms with Crippen LogP contribution in [-0.2, 0) is 0 Å². The zero-order valence-corrected chi connectivity index (χ0v) is 21.4. The predicted octanol–water partition coefficient (Wildman–Crippen LogP) is 4.15. The molecule has 1 N–H and O–H groups in total. The Hall–Kier alpha value is -3.87. The lowest BCUT2D eigenvalue weighted by atomic mass is 10.0. The molecule has 2 saturated heterocycles. The summed E-state index contributed by atoms with van der Waals surface area (Å²) in [5.41, 5.74) is 1.16. The van der Waals surface area contributed by atoms with Crippen molar-refractivity contribution in [1.82, 2.24) is 25.2 Å². The molecule has 2 atom stereocenters. The minimum Gasteiger partial charge on any atom is -0.462 e. The van der Waals surface area contributed by atoms with E-state index in [1.54, 1.807) is 6.20 Å². The number of fused-ring (bicyclic) bond motifs is 2. The molecule has 2 aliphatic heterocycles. The van der Waals surface area contributed by atoms with Gasteiger partial charge in [0.15, 0.2) is 5.82 Å². The van der Waals surface area contributed by atoms with E-state index in [0.29, 0.717) is 49.4 Å². The number of pyridine rings is 1. The third kappa shape index (κ3) is 4.62. The molecule has 2 aromatic carbocycles. The highest BCUT2D eigenvalue weighted by molar-refractivity contribution is 5.99. The smallest absolute Gasteiger partial charge is 0.319 e. The molecule has 4 aromatic rings. The van der Waals surface area contributed by atoms with Gasteiger partial charge >= 0.3 is 6.01 Å². The van der Waals surface area contributed by atoms with Gasteiger partial charge < -0.3 is 19.9 Å². The van der Waals surface area contributed by atoms with E-state index >= 15 is 4.39 Å². The van der Waals surface area contributed by atoms with Gasteiger partial charge in [-0.1, -0.05) is 42.5 Å². The average Bonchev–Trinajstić information content (AvgIpc) is 3.36. The van der Waals surface area contributed by atoms with E-state index in [-0.39, 0.29) is 29.3 Å². The van der Waals surface area contributed by atoms with Crippen LogP contribution in [0.25, 0.3) is 32.9 Å². The highest BCUT2D eigenvalue weighted by Gasteiger charge is 2.27. The van der Waals surface area contributed by atoms with Crippen molar-refractivity contribution in [3.05, 3.63) is 54.5 Å². The number of nitriles is 1. The molecule has 0 bridgehead atoms. The largest absolute Gasteiger partial charge is 0.462 e. The fraction of sp³-hybridized carbons (Fsp3) is 0.379. The van der Waals surface area contributed by atoms with E-state index in [0.717, 1.165) is 30.2 Å². The number of hydrogen-bond acceptors (Lipinski definition) is 8. The number of aromatic nitrogens is 3. The molecule has 2 aliphatic rings. The molecule has 2 aromatic heterocycles. The van der Waals surface area contributed by atoms with Gasteiger partial charge in [0, 0.05) is 43.5 Å². The van der Waals surface area contributed by atoms with E-state index in [9.17, 15) is 5.26 Å². The quantitative estimate of drug-likeness (QED) is 0.413. The highest BCUT2D eigenvalue weighted by Crippen LogP contribution is 2.35. The molecule has 0 aliphatic carbocycles. The molecule has 0 amide bonds. The van der Waals surface area contributed by atoms with E-state index in [1.165, 1.54) is 0 Å². The van der Waals surface area contributed by atoms with Crippen LogP contribution in [0.5, 0.6) is 6.01 Å². The van der Waals surface area contributed by atoms with Gasteiger partial charge in [-0.3, -0.25) is 4.98 Å². The molecular weight excluding hydrogens is 481 g/mol. The summed E-state index contributed by atoms with van der Waals surface area (Å²) in [6.45, 7) is 3.43. The summed E-state index contributed by atoms with van der Waals surface area (Å²) in [6, 6.07) is 16.4. The van der Waals surface area contributed by atoms with Gasteiger partial charge in [0.05, 0.1) is 17.9 Å². The SMILES string of the molecule is CN1CCCC1COc1nc(N2CCN[C@@H](CC#N)C2)c2cnc(-c3cccc4ccccc34)c(F)c2n1. The van der Waals surface area contributed by atoms with Crippen LogP contribution in [0.15, 0.2) is 48.7 Å². The van der Waals surface area contributed by atoms with Crippen molar-refractivity contribution in [2.24, 2.45) is 0 Å². The molecule has 4 heterocycles. The molecular formula is C29H30FN7O. The number of hydrogen-bond donors (Lipinski definition) is 1. The number of piperazine rings is 1. The second kappa shape index (κ2) is 10.5. The van der Waals surface area contributed by atoms with E-state index in [1.807, 2.05) is 42.5 Å². The van der Waals surface area contributed by atoms with Crippen LogP contribution in [0.4, 0.5) is 10.2 Å². The predicted molar refractivity (Wildman–Crippen MR) is 146 cm³/mol. The number of ether oxygens (including phenoxy) is 1. The number of likely N-dealkylation sites (N-methyl/N-ethyl adjacent to an activating group) is 1. The third-order valence-corrected chi connectivity index (χ3v) is 7.66. The first-order valence-electron chi connectivity index (χ1n) is 13.1. The Morgan fingerprint density at radius 1 is 1.13 bits per heavy atom. The van der Waals surface area contributed by atoms with Crippen molar-refractivity contribution in [3.8, 4) is 23.3 Å². The zero-order chi connectivity index (χ0) is 26.1. The summed E-state index contributed by atoms with van der Waals surface area (Å²) < 4.78 is 22.4. The van der Waals surface area contributed by atoms with E-state index in [2.05, 4.69) is 38.2 Å². The van der Waals surface area contributed by atoms with Crippen molar-refractivity contribution in [2.75, 3.05) is 44.7 Å². The first-order valence-corrected chi connectivity index (χ1v) is 13.1. The molecule has 2 fully saturated rings. The maximum atomic E-state index is 16.3. The number of rotatable bonds is 6. The lowest BCUT2D eigenvalue weighted by Gasteiger charge is -2.34. The molecule has 0 saturated carbocycles. The van der Waals surface area contributed by atoms with Gasteiger partial charge in [-0.05, 0) is 37.2 Å². The summed E-state index contributed by atoms with van der Waals surface area (Å²) in [5, 5.41) is 15.1. The maximum absolute atomic E-state index is 16.3. The summed E-state index contributed by atoms with van der Waals surface area (Å²) in [7, 11) is 2.09. The Labute approximate surface area is 221 Å². The number of likely N-dealkylation sites (tertiary alicyclic amines) is 1. The van der Waals surface area contributed by atoms with Gasteiger partial charge in [-0.2, -0.15) is 15.2 Å². The normalized spacial score (nSPS) is 20.2. The minimum absolute atomic E-state index is 0.00281. The van der Waals surface area contributed by atoms with Crippen molar-refractivity contribution in [1.29, 1.82) is 5.26 Å². The van der Waals surface area contributed by atoms with Crippen molar-refractivity contribution in [2.45, 2.75) is 31.3 Å². The molecule has 194 valence electrons. The van der Waals surface area contributed by atoms with Crippen LogP contribution >= 0.6 is 0 Å². The Morgan fingerprint density at radius 3 is 2.84 bits per heavy atom. The highest BCUT2D eigenvalue weighted by atomic mass is 19.1. The number of halogens is 1. The van der Waals surface area contributed by atoms with Crippen molar-refractivity contribution in [3.63, 3.8) is 0 Å². The van der Waals surface area contributed by atoms with E-state index < -0.39 is 5.82 Å². The number of nitrogens with one attached hydrogen (secondary N) is 1. The first-order chi connectivity index (χ1) is 18.6.